The molecule has 1 saturated heterocycles. The van der Waals surface area contributed by atoms with Crippen molar-refractivity contribution in [3.63, 3.8) is 0 Å². The summed E-state index contributed by atoms with van der Waals surface area (Å²) in [5.74, 6) is 2.57. The van der Waals surface area contributed by atoms with Gasteiger partial charge in [0.05, 0.1) is 26.3 Å². The lowest BCUT2D eigenvalue weighted by Crippen LogP contribution is -2.36. The molecule has 0 aromatic heterocycles. The summed E-state index contributed by atoms with van der Waals surface area (Å²) in [5, 5.41) is 2.96. The molecular formula is C23H27N3O2. The van der Waals surface area contributed by atoms with Crippen molar-refractivity contribution in [1.29, 1.82) is 0 Å². The number of rotatable bonds is 7. The lowest BCUT2D eigenvalue weighted by Gasteiger charge is -2.29. The van der Waals surface area contributed by atoms with Crippen LogP contribution in [0.3, 0.4) is 0 Å². The van der Waals surface area contributed by atoms with Crippen molar-refractivity contribution in [3.8, 4) is 12.3 Å². The molecule has 0 bridgehead atoms. The number of carbonyl (C=O) groups is 1. The number of carbonyl (C=O) groups excluding carboxylic acids is 1. The highest BCUT2D eigenvalue weighted by atomic mass is 16.5. The molecule has 0 aliphatic carbocycles. The Kier molecular flexibility index (Phi) is 7.07. The number of nitrogens with one attached hydrogen (secondary N) is 1. The number of nitrogens with zero attached hydrogens (tertiary/aromatic N) is 2. The highest BCUT2D eigenvalue weighted by molar-refractivity contribution is 5.92. The first-order valence-corrected chi connectivity index (χ1v) is 9.58. The van der Waals surface area contributed by atoms with Gasteiger partial charge in [-0.3, -0.25) is 9.69 Å². The van der Waals surface area contributed by atoms with Crippen molar-refractivity contribution in [2.45, 2.75) is 13.5 Å². The Hall–Kier alpha value is -2.81. The lowest BCUT2D eigenvalue weighted by atomic mass is 10.1. The largest absolute Gasteiger partial charge is 0.378 e. The molecule has 2 aromatic rings. The first kappa shape index (κ1) is 19.9. The van der Waals surface area contributed by atoms with Gasteiger partial charge in [0, 0.05) is 31.0 Å². The molecule has 1 amide bonds. The average Bonchev–Trinajstić information content (AvgIpc) is 2.71. The van der Waals surface area contributed by atoms with E-state index in [1.807, 2.05) is 29.2 Å². The Labute approximate surface area is 167 Å². The van der Waals surface area contributed by atoms with E-state index in [1.54, 1.807) is 0 Å². The zero-order valence-corrected chi connectivity index (χ0v) is 16.4. The number of anilines is 2. The zero-order valence-electron chi connectivity index (χ0n) is 16.4. The van der Waals surface area contributed by atoms with Crippen molar-refractivity contribution in [1.82, 2.24) is 4.90 Å². The van der Waals surface area contributed by atoms with Gasteiger partial charge in [-0.25, -0.2) is 0 Å². The Bertz CT molecular complexity index is 803. The second-order valence-electron chi connectivity index (χ2n) is 7.03. The minimum absolute atomic E-state index is 0.0681. The van der Waals surface area contributed by atoms with Gasteiger partial charge in [0.25, 0.3) is 0 Å². The van der Waals surface area contributed by atoms with E-state index < -0.39 is 0 Å². The molecule has 1 heterocycles. The number of ether oxygens (including phenoxy) is 1. The van der Waals surface area contributed by atoms with Gasteiger partial charge < -0.3 is 15.0 Å². The standard InChI is InChI=1S/C23H27N3O2/c1-3-12-25(17-20-6-4-19(2)5-7-20)18-23(27)24-21-8-10-22(11-9-21)26-13-15-28-16-14-26/h1,4-11H,12-18H2,2H3,(H,24,27). The molecule has 5 heteroatoms. The van der Waals surface area contributed by atoms with Gasteiger partial charge in [0.15, 0.2) is 0 Å². The normalized spacial score (nSPS) is 14.0. The summed E-state index contributed by atoms with van der Waals surface area (Å²) in [7, 11) is 0. The first-order chi connectivity index (χ1) is 13.6. The number of hydrogen-bond acceptors (Lipinski definition) is 4. The van der Waals surface area contributed by atoms with E-state index in [-0.39, 0.29) is 12.5 Å². The van der Waals surface area contributed by atoms with E-state index in [4.69, 9.17) is 11.2 Å². The van der Waals surface area contributed by atoms with Crippen LogP contribution in [0.25, 0.3) is 0 Å². The summed E-state index contributed by atoms with van der Waals surface area (Å²) in [6, 6.07) is 16.2. The van der Waals surface area contributed by atoms with Crippen molar-refractivity contribution >= 4 is 17.3 Å². The van der Waals surface area contributed by atoms with Crippen LogP contribution in [0.2, 0.25) is 0 Å². The van der Waals surface area contributed by atoms with Gasteiger partial charge in [-0.05, 0) is 36.8 Å². The van der Waals surface area contributed by atoms with Crippen molar-refractivity contribution in [2.75, 3.05) is 49.6 Å². The predicted molar refractivity (Wildman–Crippen MR) is 113 cm³/mol. The maximum absolute atomic E-state index is 12.5. The van der Waals surface area contributed by atoms with E-state index in [1.165, 1.54) is 5.56 Å². The van der Waals surface area contributed by atoms with Gasteiger partial charge in [-0.2, -0.15) is 0 Å². The molecule has 0 atom stereocenters. The third-order valence-electron chi connectivity index (χ3n) is 4.74. The third-order valence-corrected chi connectivity index (χ3v) is 4.74. The van der Waals surface area contributed by atoms with Crippen molar-refractivity contribution in [2.24, 2.45) is 0 Å². The van der Waals surface area contributed by atoms with Crippen molar-refractivity contribution in [3.05, 3.63) is 59.7 Å². The number of terminal acetylenes is 1. The molecule has 0 radical (unpaired) electrons. The van der Waals surface area contributed by atoms with Crippen LogP contribution < -0.4 is 10.2 Å². The second kappa shape index (κ2) is 9.93. The number of aryl methyl sites for hydroxylation is 1. The van der Waals surface area contributed by atoms with Crippen molar-refractivity contribution < 1.29 is 9.53 Å². The van der Waals surface area contributed by atoms with Crippen LogP contribution in [-0.2, 0) is 16.1 Å². The highest BCUT2D eigenvalue weighted by Gasteiger charge is 2.13. The fourth-order valence-corrected chi connectivity index (χ4v) is 3.23. The molecule has 5 nitrogen and oxygen atoms in total. The summed E-state index contributed by atoms with van der Waals surface area (Å²) in [5.41, 5.74) is 4.29. The first-order valence-electron chi connectivity index (χ1n) is 9.58. The molecule has 28 heavy (non-hydrogen) atoms. The second-order valence-corrected chi connectivity index (χ2v) is 7.03. The fraction of sp³-hybridized carbons (Fsp3) is 0.348. The Morgan fingerprint density at radius 3 is 2.46 bits per heavy atom. The molecule has 2 aromatic carbocycles. The highest BCUT2D eigenvalue weighted by Crippen LogP contribution is 2.19. The fourth-order valence-electron chi connectivity index (χ4n) is 3.23. The van der Waals surface area contributed by atoms with Crippen LogP contribution in [0.4, 0.5) is 11.4 Å². The molecule has 3 rings (SSSR count). The summed E-state index contributed by atoms with van der Waals surface area (Å²) in [6.07, 6.45) is 5.49. The SMILES string of the molecule is C#CCN(CC(=O)Nc1ccc(N2CCOCC2)cc1)Cc1ccc(C)cc1. The number of morpholine rings is 1. The van der Waals surface area contributed by atoms with E-state index in [9.17, 15) is 4.79 Å². The maximum atomic E-state index is 12.5. The number of benzene rings is 2. The van der Waals surface area contributed by atoms with Gasteiger partial charge in [0.2, 0.25) is 5.91 Å². The van der Waals surface area contributed by atoms with Gasteiger partial charge in [-0.1, -0.05) is 35.7 Å². The Morgan fingerprint density at radius 2 is 1.82 bits per heavy atom. The number of hydrogen-bond donors (Lipinski definition) is 1. The van der Waals surface area contributed by atoms with Crippen LogP contribution >= 0.6 is 0 Å². The predicted octanol–water partition coefficient (Wildman–Crippen LogP) is 2.91. The van der Waals surface area contributed by atoms with Crippen LogP contribution in [0.1, 0.15) is 11.1 Å². The topological polar surface area (TPSA) is 44.8 Å². The summed E-state index contributed by atoms with van der Waals surface area (Å²) >= 11 is 0. The molecule has 0 spiro atoms. The average molecular weight is 377 g/mol. The van der Waals surface area contributed by atoms with Gasteiger partial charge in [-0.15, -0.1) is 6.42 Å². The van der Waals surface area contributed by atoms with Crippen LogP contribution in [-0.4, -0.2) is 50.2 Å². The lowest BCUT2D eigenvalue weighted by molar-refractivity contribution is -0.117. The van der Waals surface area contributed by atoms with Crippen LogP contribution in [0.15, 0.2) is 48.5 Å². The summed E-state index contributed by atoms with van der Waals surface area (Å²) in [4.78, 5) is 16.7. The van der Waals surface area contributed by atoms with Gasteiger partial charge >= 0.3 is 0 Å². The van der Waals surface area contributed by atoms with Crippen LogP contribution in [0.5, 0.6) is 0 Å². The molecule has 0 saturated carbocycles. The summed E-state index contributed by atoms with van der Waals surface area (Å²) < 4.78 is 5.39. The Balaban J connectivity index is 1.55. The molecule has 146 valence electrons. The minimum Gasteiger partial charge on any atom is -0.378 e. The quantitative estimate of drug-likeness (QED) is 0.754. The Morgan fingerprint density at radius 1 is 1.14 bits per heavy atom. The maximum Gasteiger partial charge on any atom is 0.238 e. The van der Waals surface area contributed by atoms with Crippen LogP contribution in [0, 0.1) is 19.3 Å². The summed E-state index contributed by atoms with van der Waals surface area (Å²) in [6.45, 7) is 6.68. The van der Waals surface area contributed by atoms with Gasteiger partial charge in [0.1, 0.15) is 0 Å². The van der Waals surface area contributed by atoms with E-state index >= 15 is 0 Å². The van der Waals surface area contributed by atoms with E-state index in [0.717, 1.165) is 43.2 Å². The monoisotopic (exact) mass is 377 g/mol. The zero-order chi connectivity index (χ0) is 19.8. The van der Waals surface area contributed by atoms with E-state index in [0.29, 0.717) is 13.1 Å². The van der Waals surface area contributed by atoms with E-state index in [2.05, 4.69) is 47.3 Å². The molecule has 0 unspecified atom stereocenters. The third kappa shape index (κ3) is 5.85. The molecule has 1 aliphatic rings. The number of amides is 1. The molecular weight excluding hydrogens is 350 g/mol. The minimum atomic E-state index is -0.0681. The molecule has 1 fully saturated rings. The molecule has 1 aliphatic heterocycles. The smallest absolute Gasteiger partial charge is 0.238 e. The molecule has 1 N–H and O–H groups in total.